The number of ether oxygens (including phenoxy) is 1. The van der Waals surface area contributed by atoms with E-state index in [-0.39, 0.29) is 23.5 Å². The molecule has 0 saturated carbocycles. The SMILES string of the molecule is COc1cc(F)c(C2CNC(=O)C2NC(=O)Nc2ccc(F)c(F)c2)c(F)c1. The molecular weight excluding hydrogens is 382 g/mol. The third-order valence-electron chi connectivity index (χ3n) is 4.30. The number of nitrogens with one attached hydrogen (secondary N) is 3. The molecule has 0 aromatic heterocycles. The number of halogens is 4. The first kappa shape index (κ1) is 19.5. The second-order valence-electron chi connectivity index (χ2n) is 6.06. The predicted octanol–water partition coefficient (Wildman–Crippen LogP) is 2.66. The lowest BCUT2D eigenvalue weighted by molar-refractivity contribution is -0.120. The Morgan fingerprint density at radius 3 is 2.36 bits per heavy atom. The van der Waals surface area contributed by atoms with Gasteiger partial charge in [-0.25, -0.2) is 22.4 Å². The molecular formula is C18H15F4N3O3. The summed E-state index contributed by atoms with van der Waals surface area (Å²) in [6.45, 7) is -0.102. The second-order valence-corrected chi connectivity index (χ2v) is 6.06. The van der Waals surface area contributed by atoms with Crippen LogP contribution >= 0.6 is 0 Å². The Morgan fingerprint density at radius 2 is 1.75 bits per heavy atom. The van der Waals surface area contributed by atoms with Crippen molar-refractivity contribution in [3.05, 3.63) is 59.2 Å². The van der Waals surface area contributed by atoms with E-state index < -0.39 is 47.2 Å². The molecule has 1 fully saturated rings. The van der Waals surface area contributed by atoms with E-state index in [1.165, 1.54) is 7.11 Å². The van der Waals surface area contributed by atoms with Gasteiger partial charge in [0, 0.05) is 41.9 Å². The zero-order valence-electron chi connectivity index (χ0n) is 14.5. The fourth-order valence-electron chi connectivity index (χ4n) is 2.97. The highest BCUT2D eigenvalue weighted by molar-refractivity contribution is 5.95. The molecule has 0 bridgehead atoms. The van der Waals surface area contributed by atoms with E-state index >= 15 is 0 Å². The molecule has 0 aliphatic carbocycles. The van der Waals surface area contributed by atoms with Crippen LogP contribution < -0.4 is 20.7 Å². The highest BCUT2D eigenvalue weighted by Crippen LogP contribution is 2.31. The fourth-order valence-corrected chi connectivity index (χ4v) is 2.97. The van der Waals surface area contributed by atoms with Gasteiger partial charge in [0.1, 0.15) is 23.4 Å². The summed E-state index contributed by atoms with van der Waals surface area (Å²) in [5.74, 6) is -5.80. The zero-order chi connectivity index (χ0) is 20.4. The van der Waals surface area contributed by atoms with Gasteiger partial charge in [-0.1, -0.05) is 0 Å². The van der Waals surface area contributed by atoms with E-state index in [1.807, 2.05) is 0 Å². The van der Waals surface area contributed by atoms with Crippen LogP contribution in [-0.4, -0.2) is 31.6 Å². The van der Waals surface area contributed by atoms with E-state index in [1.54, 1.807) is 0 Å². The van der Waals surface area contributed by atoms with Crippen molar-refractivity contribution in [2.75, 3.05) is 19.0 Å². The molecule has 6 nitrogen and oxygen atoms in total. The topological polar surface area (TPSA) is 79.5 Å². The van der Waals surface area contributed by atoms with E-state index in [2.05, 4.69) is 16.0 Å². The van der Waals surface area contributed by atoms with E-state index in [9.17, 15) is 27.2 Å². The normalized spacial score (nSPS) is 18.5. The van der Waals surface area contributed by atoms with Crippen LogP contribution in [0.5, 0.6) is 5.75 Å². The lowest BCUT2D eigenvalue weighted by atomic mass is 9.93. The molecule has 2 aromatic carbocycles. The molecule has 0 radical (unpaired) electrons. The van der Waals surface area contributed by atoms with E-state index in [0.717, 1.165) is 30.3 Å². The number of hydrogen-bond acceptors (Lipinski definition) is 3. The summed E-state index contributed by atoms with van der Waals surface area (Å²) in [7, 11) is 1.25. The minimum absolute atomic E-state index is 0.0309. The van der Waals surface area contributed by atoms with Gasteiger partial charge in [0.15, 0.2) is 11.6 Å². The molecule has 28 heavy (non-hydrogen) atoms. The van der Waals surface area contributed by atoms with Crippen molar-refractivity contribution in [1.29, 1.82) is 0 Å². The fraction of sp³-hybridized carbons (Fsp3) is 0.222. The van der Waals surface area contributed by atoms with Crippen LogP contribution in [0.3, 0.4) is 0 Å². The van der Waals surface area contributed by atoms with Crippen molar-refractivity contribution >= 4 is 17.6 Å². The smallest absolute Gasteiger partial charge is 0.319 e. The molecule has 2 atom stereocenters. The maximum Gasteiger partial charge on any atom is 0.319 e. The number of rotatable bonds is 4. The van der Waals surface area contributed by atoms with Crippen LogP contribution in [0.1, 0.15) is 11.5 Å². The number of hydrogen-bond donors (Lipinski definition) is 3. The van der Waals surface area contributed by atoms with Crippen molar-refractivity contribution in [1.82, 2.24) is 10.6 Å². The highest BCUT2D eigenvalue weighted by atomic mass is 19.2. The molecule has 10 heteroatoms. The Morgan fingerprint density at radius 1 is 1.07 bits per heavy atom. The number of carbonyl (C=O) groups is 2. The standard InChI is InChI=1S/C18H15F4N3O3/c1-28-9-5-13(21)15(14(22)6-9)10-7-23-17(26)16(10)25-18(27)24-8-2-3-11(19)12(20)4-8/h2-6,10,16H,7H2,1H3,(H,23,26)(H2,24,25,27). The summed E-state index contributed by atoms with van der Waals surface area (Å²) in [5.41, 5.74) is -0.439. The van der Waals surface area contributed by atoms with Crippen molar-refractivity contribution in [3.8, 4) is 5.75 Å². The zero-order valence-corrected chi connectivity index (χ0v) is 14.5. The Kier molecular flexibility index (Phi) is 5.39. The first-order valence-electron chi connectivity index (χ1n) is 8.13. The van der Waals surface area contributed by atoms with E-state index in [4.69, 9.17) is 4.74 Å². The average molecular weight is 397 g/mol. The lowest BCUT2D eigenvalue weighted by Gasteiger charge is -2.20. The van der Waals surface area contributed by atoms with Crippen LogP contribution in [0, 0.1) is 23.3 Å². The Balaban J connectivity index is 1.79. The van der Waals surface area contributed by atoms with Crippen LogP contribution in [0.15, 0.2) is 30.3 Å². The van der Waals surface area contributed by atoms with Gasteiger partial charge in [-0.05, 0) is 12.1 Å². The van der Waals surface area contributed by atoms with Crippen molar-refractivity contribution in [2.24, 2.45) is 0 Å². The van der Waals surface area contributed by atoms with Crippen molar-refractivity contribution < 1.29 is 31.9 Å². The van der Waals surface area contributed by atoms with Gasteiger partial charge in [-0.3, -0.25) is 4.79 Å². The molecule has 3 N–H and O–H groups in total. The number of benzene rings is 2. The summed E-state index contributed by atoms with van der Waals surface area (Å²) < 4.78 is 59.7. The quantitative estimate of drug-likeness (QED) is 0.694. The van der Waals surface area contributed by atoms with Crippen molar-refractivity contribution in [2.45, 2.75) is 12.0 Å². The number of carbonyl (C=O) groups excluding carboxylic acids is 2. The molecule has 0 spiro atoms. The number of urea groups is 1. The Bertz CT molecular complexity index is 915. The average Bonchev–Trinajstić information content (AvgIpc) is 2.98. The monoisotopic (exact) mass is 397 g/mol. The summed E-state index contributed by atoms with van der Waals surface area (Å²) in [5, 5.41) is 6.96. The van der Waals surface area contributed by atoms with Crippen LogP contribution in [0.4, 0.5) is 28.0 Å². The van der Waals surface area contributed by atoms with Gasteiger partial charge in [0.25, 0.3) is 0 Å². The molecule has 2 unspecified atom stereocenters. The minimum atomic E-state index is -1.28. The molecule has 1 aliphatic heterocycles. The van der Waals surface area contributed by atoms with Gasteiger partial charge in [-0.2, -0.15) is 0 Å². The Hall–Kier alpha value is -3.30. The summed E-state index contributed by atoms with van der Waals surface area (Å²) in [4.78, 5) is 24.2. The van der Waals surface area contributed by atoms with Crippen LogP contribution in [0.2, 0.25) is 0 Å². The maximum atomic E-state index is 14.4. The minimum Gasteiger partial charge on any atom is -0.497 e. The first-order valence-corrected chi connectivity index (χ1v) is 8.13. The summed E-state index contributed by atoms with van der Waals surface area (Å²) in [6, 6.07) is 2.43. The third kappa shape index (κ3) is 3.85. The first-order chi connectivity index (χ1) is 13.3. The van der Waals surface area contributed by atoms with Crippen LogP contribution in [-0.2, 0) is 4.79 Å². The molecule has 2 aromatic rings. The molecule has 3 rings (SSSR count). The maximum absolute atomic E-state index is 14.4. The summed E-state index contributed by atoms with van der Waals surface area (Å²) >= 11 is 0. The molecule has 1 aliphatic rings. The number of anilines is 1. The molecule has 3 amide bonds. The largest absolute Gasteiger partial charge is 0.497 e. The highest BCUT2D eigenvalue weighted by Gasteiger charge is 2.40. The summed E-state index contributed by atoms with van der Waals surface area (Å²) in [6.07, 6.45) is 0. The Labute approximate surface area is 156 Å². The van der Waals surface area contributed by atoms with Gasteiger partial charge >= 0.3 is 6.03 Å². The second kappa shape index (κ2) is 7.75. The predicted molar refractivity (Wildman–Crippen MR) is 91.0 cm³/mol. The number of amides is 3. The van der Waals surface area contributed by atoms with Gasteiger partial charge in [-0.15, -0.1) is 0 Å². The number of methoxy groups -OCH3 is 1. The molecule has 148 valence electrons. The van der Waals surface area contributed by atoms with Gasteiger partial charge < -0.3 is 20.7 Å². The van der Waals surface area contributed by atoms with Crippen molar-refractivity contribution in [3.63, 3.8) is 0 Å². The molecule has 1 saturated heterocycles. The van der Waals surface area contributed by atoms with Gasteiger partial charge in [0.05, 0.1) is 7.11 Å². The lowest BCUT2D eigenvalue weighted by Crippen LogP contribution is -2.45. The molecule has 1 heterocycles. The van der Waals surface area contributed by atoms with Gasteiger partial charge in [0.2, 0.25) is 5.91 Å². The van der Waals surface area contributed by atoms with Crippen LogP contribution in [0.25, 0.3) is 0 Å². The third-order valence-corrected chi connectivity index (χ3v) is 4.30. The van der Waals surface area contributed by atoms with E-state index in [0.29, 0.717) is 0 Å².